The Bertz CT molecular complexity index is 627. The van der Waals surface area contributed by atoms with Gasteiger partial charge >= 0.3 is 0 Å². The summed E-state index contributed by atoms with van der Waals surface area (Å²) in [5, 5.41) is 7.46. The lowest BCUT2D eigenvalue weighted by molar-refractivity contribution is -0.121. The molecule has 1 atom stereocenters. The van der Waals surface area contributed by atoms with Gasteiger partial charge in [-0.2, -0.15) is 4.98 Å². The van der Waals surface area contributed by atoms with Gasteiger partial charge in [0.1, 0.15) is 0 Å². The second kappa shape index (κ2) is 8.64. The molecular weight excluding hydrogens is 316 g/mol. The lowest BCUT2D eigenvalue weighted by Crippen LogP contribution is -2.31. The highest BCUT2D eigenvalue weighted by molar-refractivity contribution is 6.30. The number of carbonyl (C=O) groups excluding carboxylic acids is 1. The molecule has 0 aliphatic rings. The topological polar surface area (TPSA) is 94.0 Å². The second-order valence-corrected chi connectivity index (χ2v) is 5.95. The first-order valence-corrected chi connectivity index (χ1v) is 8.01. The molecular formula is C16H21ClN4O2. The highest BCUT2D eigenvalue weighted by Gasteiger charge is 2.10. The van der Waals surface area contributed by atoms with Crippen molar-refractivity contribution in [1.82, 2.24) is 15.5 Å². The molecule has 2 aromatic rings. The molecule has 0 saturated heterocycles. The number of hydrogen-bond donors (Lipinski definition) is 2. The van der Waals surface area contributed by atoms with E-state index in [1.165, 1.54) is 0 Å². The van der Waals surface area contributed by atoms with Crippen LogP contribution in [0.3, 0.4) is 0 Å². The zero-order valence-corrected chi connectivity index (χ0v) is 13.8. The summed E-state index contributed by atoms with van der Waals surface area (Å²) in [6, 6.07) is 7.23. The number of carbonyl (C=O) groups is 1. The van der Waals surface area contributed by atoms with E-state index in [1.54, 1.807) is 12.1 Å². The molecule has 0 spiro atoms. The molecule has 0 aliphatic carbocycles. The smallest absolute Gasteiger partial charge is 0.226 e. The molecule has 0 radical (unpaired) electrons. The van der Waals surface area contributed by atoms with Crippen molar-refractivity contribution in [1.29, 1.82) is 0 Å². The van der Waals surface area contributed by atoms with E-state index < -0.39 is 0 Å². The number of aromatic nitrogens is 2. The monoisotopic (exact) mass is 336 g/mol. The molecule has 3 N–H and O–H groups in total. The van der Waals surface area contributed by atoms with Crippen molar-refractivity contribution in [2.75, 3.05) is 13.1 Å². The fraction of sp³-hybridized carbons (Fsp3) is 0.438. The van der Waals surface area contributed by atoms with Crippen LogP contribution >= 0.6 is 11.6 Å². The van der Waals surface area contributed by atoms with E-state index >= 15 is 0 Å². The van der Waals surface area contributed by atoms with Crippen LogP contribution in [-0.4, -0.2) is 29.1 Å². The third kappa shape index (κ3) is 5.65. The van der Waals surface area contributed by atoms with Crippen LogP contribution < -0.4 is 11.1 Å². The molecule has 7 heteroatoms. The van der Waals surface area contributed by atoms with E-state index in [0.717, 1.165) is 5.56 Å². The highest BCUT2D eigenvalue weighted by Crippen LogP contribution is 2.19. The Labute approximate surface area is 140 Å². The van der Waals surface area contributed by atoms with Crippen LogP contribution in [0.2, 0.25) is 5.02 Å². The number of benzene rings is 1. The quantitative estimate of drug-likeness (QED) is 0.772. The first-order valence-electron chi connectivity index (χ1n) is 7.63. The summed E-state index contributed by atoms with van der Waals surface area (Å²) in [6.45, 7) is 3.17. The first-order chi connectivity index (χ1) is 11.1. The molecule has 124 valence electrons. The molecule has 1 amide bonds. The molecule has 0 bridgehead atoms. The zero-order valence-electron chi connectivity index (χ0n) is 13.1. The van der Waals surface area contributed by atoms with E-state index in [2.05, 4.69) is 15.5 Å². The van der Waals surface area contributed by atoms with Crippen LogP contribution in [0.5, 0.6) is 0 Å². The Morgan fingerprint density at radius 1 is 1.39 bits per heavy atom. The summed E-state index contributed by atoms with van der Waals surface area (Å²) < 4.78 is 5.20. The maximum atomic E-state index is 11.7. The first kappa shape index (κ1) is 17.4. The summed E-state index contributed by atoms with van der Waals surface area (Å²) in [6.07, 6.45) is 1.65. The Morgan fingerprint density at radius 3 is 2.83 bits per heavy atom. The molecule has 23 heavy (non-hydrogen) atoms. The lowest BCUT2D eigenvalue weighted by Gasteiger charge is -2.09. The van der Waals surface area contributed by atoms with Crippen molar-refractivity contribution in [3.05, 3.63) is 35.2 Å². The minimum atomic E-state index is 0.0164. The second-order valence-electron chi connectivity index (χ2n) is 5.52. The standard InChI is InChI=1S/C16H21ClN4O2/c1-11(9-18)10-19-14(22)3-2-4-15-20-16(21-23-15)12-5-7-13(17)8-6-12/h5-8,11H,2-4,9-10,18H2,1H3,(H,19,22). The largest absolute Gasteiger partial charge is 0.356 e. The van der Waals surface area contributed by atoms with Crippen molar-refractivity contribution in [3.63, 3.8) is 0 Å². The number of nitrogens with two attached hydrogens (primary N) is 1. The fourth-order valence-electron chi connectivity index (χ4n) is 1.93. The summed E-state index contributed by atoms with van der Waals surface area (Å²) >= 11 is 5.85. The van der Waals surface area contributed by atoms with Crippen molar-refractivity contribution >= 4 is 17.5 Å². The Morgan fingerprint density at radius 2 is 2.13 bits per heavy atom. The number of amides is 1. The number of nitrogens with zero attached hydrogens (tertiary/aromatic N) is 2. The number of hydrogen-bond acceptors (Lipinski definition) is 5. The number of nitrogens with one attached hydrogen (secondary N) is 1. The van der Waals surface area contributed by atoms with E-state index in [1.807, 2.05) is 19.1 Å². The van der Waals surface area contributed by atoms with Gasteiger partial charge in [0, 0.05) is 30.0 Å². The Kier molecular flexibility index (Phi) is 6.55. The van der Waals surface area contributed by atoms with E-state index in [-0.39, 0.29) is 11.8 Å². The molecule has 1 aromatic carbocycles. The minimum Gasteiger partial charge on any atom is -0.356 e. The van der Waals surface area contributed by atoms with Gasteiger partial charge in [0.15, 0.2) is 0 Å². The van der Waals surface area contributed by atoms with Crippen molar-refractivity contribution in [2.24, 2.45) is 11.7 Å². The van der Waals surface area contributed by atoms with Crippen molar-refractivity contribution < 1.29 is 9.32 Å². The van der Waals surface area contributed by atoms with Gasteiger partial charge in [0.05, 0.1) is 0 Å². The van der Waals surface area contributed by atoms with Gasteiger partial charge in [0.2, 0.25) is 17.6 Å². The average molecular weight is 337 g/mol. The van der Waals surface area contributed by atoms with E-state index in [4.69, 9.17) is 21.9 Å². The van der Waals surface area contributed by atoms with Crippen molar-refractivity contribution in [3.8, 4) is 11.4 Å². The van der Waals surface area contributed by atoms with Gasteiger partial charge in [-0.25, -0.2) is 0 Å². The van der Waals surface area contributed by atoms with Gasteiger partial charge in [0.25, 0.3) is 0 Å². The fourth-order valence-corrected chi connectivity index (χ4v) is 2.06. The predicted molar refractivity (Wildman–Crippen MR) is 88.9 cm³/mol. The van der Waals surface area contributed by atoms with Gasteiger partial charge in [-0.15, -0.1) is 0 Å². The number of rotatable bonds is 8. The van der Waals surface area contributed by atoms with Gasteiger partial charge in [-0.3, -0.25) is 4.79 Å². The lowest BCUT2D eigenvalue weighted by atomic mass is 10.2. The third-order valence-corrected chi connectivity index (χ3v) is 3.67. The van der Waals surface area contributed by atoms with Crippen LogP contribution in [0.25, 0.3) is 11.4 Å². The van der Waals surface area contributed by atoms with E-state index in [9.17, 15) is 4.79 Å². The summed E-state index contributed by atoms with van der Waals surface area (Å²) in [5.74, 6) is 1.36. The Hall–Kier alpha value is -1.92. The predicted octanol–water partition coefficient (Wildman–Crippen LogP) is 2.42. The number of aryl methyl sites for hydroxylation is 1. The molecule has 1 heterocycles. The third-order valence-electron chi connectivity index (χ3n) is 3.42. The van der Waals surface area contributed by atoms with Crippen LogP contribution in [0, 0.1) is 5.92 Å². The van der Waals surface area contributed by atoms with Gasteiger partial charge in [-0.1, -0.05) is 23.7 Å². The molecule has 0 aliphatic heterocycles. The summed E-state index contributed by atoms with van der Waals surface area (Å²) in [5.41, 5.74) is 6.35. The van der Waals surface area contributed by atoms with Gasteiger partial charge < -0.3 is 15.6 Å². The molecule has 1 unspecified atom stereocenters. The minimum absolute atomic E-state index is 0.0164. The highest BCUT2D eigenvalue weighted by atomic mass is 35.5. The molecule has 0 fully saturated rings. The molecule has 0 saturated carbocycles. The van der Waals surface area contributed by atoms with Crippen LogP contribution in [0.1, 0.15) is 25.7 Å². The SMILES string of the molecule is CC(CN)CNC(=O)CCCc1nc(-c2ccc(Cl)cc2)no1. The van der Waals surface area contributed by atoms with Crippen LogP contribution in [0.15, 0.2) is 28.8 Å². The molecule has 1 aromatic heterocycles. The number of halogens is 1. The Balaban J connectivity index is 1.77. The van der Waals surface area contributed by atoms with E-state index in [0.29, 0.717) is 49.1 Å². The molecule has 6 nitrogen and oxygen atoms in total. The summed E-state index contributed by atoms with van der Waals surface area (Å²) in [4.78, 5) is 16.0. The normalized spacial score (nSPS) is 12.1. The average Bonchev–Trinajstić information content (AvgIpc) is 3.02. The maximum absolute atomic E-state index is 11.7. The zero-order chi connectivity index (χ0) is 16.7. The summed E-state index contributed by atoms with van der Waals surface area (Å²) in [7, 11) is 0. The van der Waals surface area contributed by atoms with Gasteiger partial charge in [-0.05, 0) is 43.1 Å². The van der Waals surface area contributed by atoms with Crippen LogP contribution in [-0.2, 0) is 11.2 Å². The maximum Gasteiger partial charge on any atom is 0.226 e. The van der Waals surface area contributed by atoms with Crippen LogP contribution in [0.4, 0.5) is 0 Å². The molecule has 2 rings (SSSR count). The van der Waals surface area contributed by atoms with Crippen molar-refractivity contribution in [2.45, 2.75) is 26.2 Å².